The maximum atomic E-state index is 12.2. The standard InChI is InChI=1S/2C27H44O3.C27H42O3/c3*1-16-7-12-27(29-15-16)17(2)24-23(30-27)14-22-20-6-5-18-13-19(28)8-10-25(18,3)21(20)9-11-26(22,24)4/h2*16-24,28H,5-15H2,1-4H3;16-18,20-24H,5-15H2,1-4H3/t16-,17-,18+,19+,20+,21-,22-,23-,24-,25-,26-,27+;16-,17-,18+,19-,20+,21-,22-,23-,24-,25-,26-,27+;16-,17-,18+,20+,21-,22-,23-,24-,25-,26-,27+/m000/s1. The van der Waals surface area contributed by atoms with Crippen molar-refractivity contribution in [3.8, 4) is 0 Å². The summed E-state index contributed by atoms with van der Waals surface area (Å²) in [5.41, 5.74) is 2.62. The molecule has 508 valence electrons. The van der Waals surface area contributed by atoms with Crippen LogP contribution in [0.5, 0.6) is 0 Å². The molecule has 6 aliphatic heterocycles. The molecule has 18 rings (SSSR count). The molecule has 6 saturated heterocycles. The van der Waals surface area contributed by atoms with Crippen molar-refractivity contribution in [3.05, 3.63) is 0 Å². The Kier molecular flexibility index (Phi) is 16.0. The molecule has 18 aliphatic rings. The van der Waals surface area contributed by atoms with Crippen molar-refractivity contribution in [1.29, 1.82) is 0 Å². The quantitative estimate of drug-likeness (QED) is 0.245. The molecule has 3 spiro atoms. The Balaban J connectivity index is 0.000000108. The minimum atomic E-state index is -0.292. The summed E-state index contributed by atoms with van der Waals surface area (Å²) in [4.78, 5) is 12.2. The number of Topliss-reactive ketones (excluding diaryl/α,β-unsaturated/α-hetero) is 1. The van der Waals surface area contributed by atoms with Crippen molar-refractivity contribution in [2.24, 2.45) is 157 Å². The van der Waals surface area contributed by atoms with Gasteiger partial charge in [-0.1, -0.05) is 83.1 Å². The van der Waals surface area contributed by atoms with Gasteiger partial charge in [-0.15, -0.1) is 0 Å². The summed E-state index contributed by atoms with van der Waals surface area (Å²) in [5, 5.41) is 20.6. The first-order valence-electron chi connectivity index (χ1n) is 39.6. The van der Waals surface area contributed by atoms with Gasteiger partial charge in [0.15, 0.2) is 17.4 Å². The minimum Gasteiger partial charge on any atom is -0.393 e. The van der Waals surface area contributed by atoms with Crippen molar-refractivity contribution in [3.63, 3.8) is 0 Å². The normalized spacial score (nSPS) is 61.7. The molecule has 0 bridgehead atoms. The SMILES string of the molecule is C[C@H]1CC[C@@]2(OC1)O[C@H]1C[C@H]3[C@@H]4CC[C@@H]5CC(=O)CC[C@]5(C)[C@H]4CC[C@]3(C)[C@H]1[C@@H]2C.C[C@H]1CC[C@@]2(OC1)O[C@H]1C[C@H]3[C@@H]4CC[C@@H]5C[C@@H](O)CC[C@]5(C)[C@H]4CC[C@]3(C)[C@H]1[C@@H]2C.C[C@H]1CC[C@@]2(OC1)O[C@H]1C[C@H]3[C@@H]4CC[C@@H]5C[C@H](O)CC[C@]5(C)[C@H]4CC[C@]3(C)[C@H]1[C@@H]2C. The fourth-order valence-corrected chi connectivity index (χ4v) is 30.6. The highest BCUT2D eigenvalue weighted by molar-refractivity contribution is 5.79. The molecule has 0 unspecified atom stereocenters. The molecule has 18 fully saturated rings. The van der Waals surface area contributed by atoms with Gasteiger partial charge in [0.2, 0.25) is 0 Å². The molecule has 12 saturated carbocycles. The van der Waals surface area contributed by atoms with E-state index in [-0.39, 0.29) is 29.6 Å². The Labute approximate surface area is 546 Å². The molecule has 12 aliphatic carbocycles. The van der Waals surface area contributed by atoms with Crippen molar-refractivity contribution in [2.75, 3.05) is 19.8 Å². The molecule has 0 aromatic carbocycles. The number of aliphatic hydroxyl groups is 2. The monoisotopic (exact) mass is 1250 g/mol. The van der Waals surface area contributed by atoms with Crippen molar-refractivity contribution in [2.45, 2.75) is 324 Å². The fourth-order valence-electron chi connectivity index (χ4n) is 30.6. The predicted octanol–water partition coefficient (Wildman–Crippen LogP) is 17.6. The molecule has 0 aromatic rings. The van der Waals surface area contributed by atoms with Gasteiger partial charge in [-0.2, -0.15) is 0 Å². The topological polar surface area (TPSA) is 113 Å². The van der Waals surface area contributed by atoms with Crippen LogP contribution in [0.3, 0.4) is 0 Å². The second kappa shape index (κ2) is 22.4. The van der Waals surface area contributed by atoms with E-state index in [1.54, 1.807) is 0 Å². The van der Waals surface area contributed by atoms with E-state index >= 15 is 0 Å². The summed E-state index contributed by atoms with van der Waals surface area (Å²) in [6.45, 7) is 32.6. The summed E-state index contributed by atoms with van der Waals surface area (Å²) < 4.78 is 40.1. The highest BCUT2D eigenvalue weighted by Gasteiger charge is 2.73. The average molecular weight is 1250 g/mol. The maximum Gasteiger partial charge on any atom is 0.171 e. The third kappa shape index (κ3) is 9.39. The second-order valence-corrected chi connectivity index (χ2v) is 39.1. The zero-order valence-electron chi connectivity index (χ0n) is 59.1. The van der Waals surface area contributed by atoms with Crippen LogP contribution in [-0.4, -0.2) is 83.7 Å². The van der Waals surface area contributed by atoms with Gasteiger partial charge < -0.3 is 38.6 Å². The second-order valence-electron chi connectivity index (χ2n) is 39.1. The van der Waals surface area contributed by atoms with Crippen LogP contribution in [0.2, 0.25) is 0 Å². The Morgan fingerprint density at radius 1 is 0.344 bits per heavy atom. The molecular formula is C81H130O9. The van der Waals surface area contributed by atoms with Crippen molar-refractivity contribution >= 4 is 5.78 Å². The van der Waals surface area contributed by atoms with E-state index in [0.29, 0.717) is 116 Å². The molecule has 6 heterocycles. The van der Waals surface area contributed by atoms with Gasteiger partial charge in [0.1, 0.15) is 5.78 Å². The first-order chi connectivity index (χ1) is 42.8. The number of hydrogen-bond donors (Lipinski definition) is 2. The smallest absolute Gasteiger partial charge is 0.171 e. The number of hydrogen-bond acceptors (Lipinski definition) is 9. The number of ketones is 1. The van der Waals surface area contributed by atoms with Crippen LogP contribution in [0.15, 0.2) is 0 Å². The Bertz CT molecular complexity index is 2540. The van der Waals surface area contributed by atoms with Crippen LogP contribution in [0.1, 0.15) is 276 Å². The largest absolute Gasteiger partial charge is 0.393 e. The van der Waals surface area contributed by atoms with Crippen LogP contribution in [0, 0.1) is 157 Å². The fraction of sp³-hybridized carbons (Fsp3) is 0.988. The van der Waals surface area contributed by atoms with Gasteiger partial charge in [-0.25, -0.2) is 0 Å². The minimum absolute atomic E-state index is 0.0389. The van der Waals surface area contributed by atoms with Crippen LogP contribution >= 0.6 is 0 Å². The summed E-state index contributed by atoms with van der Waals surface area (Å²) in [6, 6.07) is 0. The summed E-state index contributed by atoms with van der Waals surface area (Å²) in [5.74, 6) is 15.1. The Morgan fingerprint density at radius 3 is 1.00 bits per heavy atom. The molecule has 9 nitrogen and oxygen atoms in total. The van der Waals surface area contributed by atoms with Gasteiger partial charge in [-0.3, -0.25) is 4.79 Å². The van der Waals surface area contributed by atoms with E-state index in [1.165, 1.54) is 128 Å². The van der Waals surface area contributed by atoms with Crippen LogP contribution in [0.25, 0.3) is 0 Å². The molecule has 0 aromatic heterocycles. The first-order valence-corrected chi connectivity index (χ1v) is 39.6. The number of carbonyl (C=O) groups excluding carboxylic acids is 1. The number of fused-ring (bicyclic) bond motifs is 21. The van der Waals surface area contributed by atoms with Crippen LogP contribution < -0.4 is 0 Å². The van der Waals surface area contributed by atoms with Gasteiger partial charge >= 0.3 is 0 Å². The summed E-state index contributed by atoms with van der Waals surface area (Å²) >= 11 is 0. The molecule has 9 heteroatoms. The maximum absolute atomic E-state index is 12.2. The number of aliphatic hydroxyl groups excluding tert-OH is 2. The summed E-state index contributed by atoms with van der Waals surface area (Å²) in [6.07, 6.45) is 37.9. The van der Waals surface area contributed by atoms with E-state index in [2.05, 4.69) is 83.1 Å². The van der Waals surface area contributed by atoms with Crippen LogP contribution in [0.4, 0.5) is 0 Å². The van der Waals surface area contributed by atoms with E-state index in [9.17, 15) is 15.0 Å². The lowest BCUT2D eigenvalue weighted by Crippen LogP contribution is -2.55. The summed E-state index contributed by atoms with van der Waals surface area (Å²) in [7, 11) is 0. The predicted molar refractivity (Wildman–Crippen MR) is 352 cm³/mol. The lowest BCUT2D eigenvalue weighted by molar-refractivity contribution is -0.273. The molecule has 90 heavy (non-hydrogen) atoms. The zero-order chi connectivity index (χ0) is 62.7. The third-order valence-corrected chi connectivity index (χ3v) is 35.6. The van der Waals surface area contributed by atoms with E-state index in [4.69, 9.17) is 28.4 Å². The zero-order valence-corrected chi connectivity index (χ0v) is 59.1. The van der Waals surface area contributed by atoms with E-state index in [1.807, 2.05) is 0 Å². The van der Waals surface area contributed by atoms with Gasteiger partial charge in [0.25, 0.3) is 0 Å². The number of rotatable bonds is 0. The molecular weight excluding hydrogens is 1120 g/mol. The van der Waals surface area contributed by atoms with E-state index in [0.717, 1.165) is 149 Å². The van der Waals surface area contributed by atoms with Gasteiger partial charge in [0, 0.05) is 49.9 Å². The van der Waals surface area contributed by atoms with E-state index < -0.39 is 0 Å². The molecule has 0 radical (unpaired) electrons. The average Bonchev–Trinajstić information content (AvgIpc) is 1.50. The molecule has 2 N–H and O–H groups in total. The highest BCUT2D eigenvalue weighted by Crippen LogP contribution is 2.75. The Morgan fingerprint density at radius 2 is 0.667 bits per heavy atom. The number of carbonyl (C=O) groups is 1. The Hall–Kier alpha value is -0.650. The number of ether oxygens (including phenoxy) is 6. The first kappa shape index (κ1) is 64.1. The molecule has 0 amide bonds. The lowest BCUT2D eigenvalue weighted by atomic mass is 9.44. The van der Waals surface area contributed by atoms with Crippen LogP contribution in [-0.2, 0) is 33.2 Å². The lowest BCUT2D eigenvalue weighted by Gasteiger charge is -2.61. The van der Waals surface area contributed by atoms with Crippen molar-refractivity contribution < 1.29 is 43.4 Å². The highest BCUT2D eigenvalue weighted by atomic mass is 16.7. The molecule has 35 atom stereocenters. The van der Waals surface area contributed by atoms with Gasteiger partial charge in [-0.05, 0) is 300 Å². The van der Waals surface area contributed by atoms with Crippen molar-refractivity contribution in [1.82, 2.24) is 0 Å². The van der Waals surface area contributed by atoms with Gasteiger partial charge in [0.05, 0.1) is 50.3 Å². The third-order valence-electron chi connectivity index (χ3n) is 35.6.